The Morgan fingerprint density at radius 1 is 1.00 bits per heavy atom. The van der Waals surface area contributed by atoms with Gasteiger partial charge in [-0.25, -0.2) is 0 Å². The van der Waals surface area contributed by atoms with Crippen molar-refractivity contribution in [2.45, 2.75) is 88.0 Å². The molecule has 0 heterocycles. The van der Waals surface area contributed by atoms with Gasteiger partial charge in [0.2, 0.25) is 0 Å². The molecular weight excluding hydrogens is 336 g/mol. The smallest absolute Gasteiger partial charge is 0.105 e. The van der Waals surface area contributed by atoms with Gasteiger partial charge in [-0.1, -0.05) is 20.4 Å². The van der Waals surface area contributed by atoms with E-state index in [2.05, 4.69) is 6.58 Å². The molecule has 0 aromatic heterocycles. The van der Waals surface area contributed by atoms with Crippen LogP contribution in [0.4, 0.5) is 0 Å². The molecule has 9 atom stereocenters. The Morgan fingerprint density at radius 3 is 2.23 bits per heavy atom. The largest absolute Gasteiger partial charge is 0.392 e. The van der Waals surface area contributed by atoms with Crippen LogP contribution in [0.2, 0.25) is 0 Å². The van der Waals surface area contributed by atoms with E-state index >= 15 is 0 Å². The van der Waals surface area contributed by atoms with E-state index in [4.69, 9.17) is 0 Å². The van der Waals surface area contributed by atoms with Crippen LogP contribution in [0, 0.1) is 22.7 Å². The van der Waals surface area contributed by atoms with Crippen LogP contribution in [0.25, 0.3) is 0 Å². The van der Waals surface area contributed by atoms with Crippen LogP contribution in [0.5, 0.6) is 0 Å². The molecule has 4 aliphatic carbocycles. The lowest BCUT2D eigenvalue weighted by Gasteiger charge is -2.51. The lowest BCUT2D eigenvalue weighted by atomic mass is 9.58. The van der Waals surface area contributed by atoms with E-state index in [0.717, 1.165) is 0 Å². The predicted molar refractivity (Wildman–Crippen MR) is 94.0 cm³/mol. The summed E-state index contributed by atoms with van der Waals surface area (Å²) in [5.74, 6) is -1.06. The van der Waals surface area contributed by atoms with Gasteiger partial charge in [0.25, 0.3) is 0 Å². The van der Waals surface area contributed by atoms with Gasteiger partial charge in [0.15, 0.2) is 0 Å². The highest BCUT2D eigenvalue weighted by molar-refractivity contribution is 5.37. The Labute approximate surface area is 154 Å². The van der Waals surface area contributed by atoms with Crippen LogP contribution >= 0.6 is 0 Å². The second-order valence-corrected chi connectivity index (χ2v) is 10.2. The first-order valence-electron chi connectivity index (χ1n) is 9.66. The van der Waals surface area contributed by atoms with Crippen molar-refractivity contribution in [2.24, 2.45) is 22.7 Å². The number of rotatable bonds is 0. The maximum Gasteiger partial charge on any atom is 0.105 e. The van der Waals surface area contributed by atoms with Crippen molar-refractivity contribution in [1.82, 2.24) is 0 Å². The summed E-state index contributed by atoms with van der Waals surface area (Å²) in [4.78, 5) is 0. The first-order chi connectivity index (χ1) is 11.8. The molecule has 0 aliphatic heterocycles. The molecule has 6 nitrogen and oxygen atoms in total. The summed E-state index contributed by atoms with van der Waals surface area (Å²) in [6.45, 7) is 9.23. The Morgan fingerprint density at radius 2 is 1.62 bits per heavy atom. The monoisotopic (exact) mass is 368 g/mol. The van der Waals surface area contributed by atoms with E-state index in [0.29, 0.717) is 18.4 Å². The summed E-state index contributed by atoms with van der Waals surface area (Å²) >= 11 is 0. The Bertz CT molecular complexity index is 659. The zero-order valence-electron chi connectivity index (χ0n) is 15.8. The molecule has 4 fully saturated rings. The van der Waals surface area contributed by atoms with Crippen LogP contribution in [-0.4, -0.2) is 65.8 Å². The van der Waals surface area contributed by atoms with E-state index in [1.807, 2.05) is 0 Å². The molecular formula is C20H32O6. The average Bonchev–Trinajstić information content (AvgIpc) is 2.77. The summed E-state index contributed by atoms with van der Waals surface area (Å²) in [6.07, 6.45) is -2.02. The quantitative estimate of drug-likeness (QED) is 0.337. The van der Waals surface area contributed by atoms with Crippen LogP contribution in [0.1, 0.15) is 52.9 Å². The molecule has 0 unspecified atom stereocenters. The average molecular weight is 368 g/mol. The first-order valence-corrected chi connectivity index (χ1v) is 9.66. The topological polar surface area (TPSA) is 121 Å². The molecule has 26 heavy (non-hydrogen) atoms. The fraction of sp³-hybridized carbons (Fsp3) is 0.900. The standard InChI is InChI=1S/C20H32O6/c1-10-12-7-13(21)16(2,3)20(12,26)14(22)8-18-9-17(4,24)11(15(18)23)5-6-19(10,18)25/h11-15,21-26H,1,5-9H2,2-4H3/t11-,12+,13+,14-,15-,17-,18-,19-,20+/m1/s1. The number of aliphatic hydroxyl groups excluding tert-OH is 3. The van der Waals surface area contributed by atoms with Crippen molar-refractivity contribution in [3.8, 4) is 0 Å². The molecule has 6 N–H and O–H groups in total. The second kappa shape index (κ2) is 4.91. The summed E-state index contributed by atoms with van der Waals surface area (Å²) < 4.78 is 0. The van der Waals surface area contributed by atoms with Crippen LogP contribution in [0.15, 0.2) is 12.2 Å². The van der Waals surface area contributed by atoms with Crippen molar-refractivity contribution in [3.63, 3.8) is 0 Å². The Hall–Kier alpha value is -0.500. The number of hydrogen-bond donors (Lipinski definition) is 6. The number of fused-ring (bicyclic) bond motifs is 2. The maximum absolute atomic E-state index is 11.8. The molecule has 1 spiro atoms. The van der Waals surface area contributed by atoms with Gasteiger partial charge in [0.1, 0.15) is 5.60 Å². The van der Waals surface area contributed by atoms with E-state index in [9.17, 15) is 30.6 Å². The van der Waals surface area contributed by atoms with Gasteiger partial charge in [-0.2, -0.15) is 0 Å². The normalized spacial score (nSPS) is 61.1. The fourth-order valence-corrected chi connectivity index (χ4v) is 7.19. The summed E-state index contributed by atoms with van der Waals surface area (Å²) in [7, 11) is 0. The molecule has 0 saturated heterocycles. The third-order valence-corrected chi connectivity index (χ3v) is 8.93. The van der Waals surface area contributed by atoms with Gasteiger partial charge in [-0.05, 0) is 44.6 Å². The molecule has 4 rings (SSSR count). The van der Waals surface area contributed by atoms with Crippen LogP contribution in [-0.2, 0) is 0 Å². The minimum atomic E-state index is -1.66. The molecule has 0 amide bonds. The fourth-order valence-electron chi connectivity index (χ4n) is 7.19. The van der Waals surface area contributed by atoms with Gasteiger partial charge >= 0.3 is 0 Å². The van der Waals surface area contributed by atoms with E-state index in [1.165, 1.54) is 0 Å². The molecule has 4 aliphatic rings. The molecule has 0 aromatic carbocycles. The zero-order chi connectivity index (χ0) is 19.5. The highest BCUT2D eigenvalue weighted by Crippen LogP contribution is 2.69. The van der Waals surface area contributed by atoms with Crippen molar-refractivity contribution in [1.29, 1.82) is 0 Å². The van der Waals surface area contributed by atoms with Gasteiger partial charge in [-0.3, -0.25) is 0 Å². The van der Waals surface area contributed by atoms with Gasteiger partial charge in [0, 0.05) is 22.7 Å². The molecule has 2 bridgehead atoms. The summed E-state index contributed by atoms with van der Waals surface area (Å²) in [6, 6.07) is 0. The maximum atomic E-state index is 11.8. The first kappa shape index (κ1) is 18.8. The molecule has 148 valence electrons. The van der Waals surface area contributed by atoms with E-state index in [-0.39, 0.29) is 25.2 Å². The SMILES string of the molecule is C=C1[C@@H]2C[C@H](O)C(C)(C)[C@@]2(O)[C@H](O)C[C@]23C[C@@](C)(O)[C@H](CC[C@@]12O)[C@H]3O. The minimum Gasteiger partial charge on any atom is -0.392 e. The van der Waals surface area contributed by atoms with Crippen LogP contribution in [0.3, 0.4) is 0 Å². The predicted octanol–water partition coefficient (Wildman–Crippen LogP) is 0.0884. The zero-order valence-corrected chi connectivity index (χ0v) is 15.8. The van der Waals surface area contributed by atoms with Crippen LogP contribution < -0.4 is 0 Å². The highest BCUT2D eigenvalue weighted by Gasteiger charge is 2.76. The lowest BCUT2D eigenvalue weighted by Crippen LogP contribution is -2.58. The van der Waals surface area contributed by atoms with Crippen molar-refractivity contribution >= 4 is 0 Å². The number of aliphatic hydroxyl groups is 6. The molecule has 4 saturated carbocycles. The van der Waals surface area contributed by atoms with Gasteiger partial charge < -0.3 is 30.6 Å². The second-order valence-electron chi connectivity index (χ2n) is 10.2. The lowest BCUT2D eigenvalue weighted by molar-refractivity contribution is -0.185. The summed E-state index contributed by atoms with van der Waals surface area (Å²) in [5.41, 5.74) is -6.09. The van der Waals surface area contributed by atoms with Gasteiger partial charge in [-0.15, -0.1) is 0 Å². The van der Waals surface area contributed by atoms with Crippen molar-refractivity contribution in [2.75, 3.05) is 0 Å². The van der Waals surface area contributed by atoms with Crippen molar-refractivity contribution in [3.05, 3.63) is 12.2 Å². The third-order valence-electron chi connectivity index (χ3n) is 8.93. The van der Waals surface area contributed by atoms with E-state index < -0.39 is 51.9 Å². The summed E-state index contributed by atoms with van der Waals surface area (Å²) in [5, 5.41) is 67.0. The van der Waals surface area contributed by atoms with E-state index in [1.54, 1.807) is 20.8 Å². The number of hydrogen-bond acceptors (Lipinski definition) is 6. The Kier molecular flexibility index (Phi) is 3.56. The highest BCUT2D eigenvalue weighted by atomic mass is 16.4. The third kappa shape index (κ3) is 1.75. The van der Waals surface area contributed by atoms with Crippen molar-refractivity contribution < 1.29 is 30.6 Å². The molecule has 0 radical (unpaired) electrons. The minimum absolute atomic E-state index is 0.0422. The van der Waals surface area contributed by atoms with Gasteiger partial charge in [0.05, 0.1) is 29.5 Å². The Balaban J connectivity index is 1.91. The molecule has 6 heteroatoms. The molecule has 0 aromatic rings.